The van der Waals surface area contributed by atoms with Gasteiger partial charge in [0.15, 0.2) is 6.54 Å². The van der Waals surface area contributed by atoms with Gasteiger partial charge in [0.1, 0.15) is 11.5 Å². The number of benzene rings is 1. The number of methoxy groups -OCH3 is 2. The number of likely N-dealkylation sites (N-methyl/N-ethyl adjacent to an activating group) is 1. The Morgan fingerprint density at radius 1 is 1.23 bits per heavy atom. The zero-order valence-corrected chi connectivity index (χ0v) is 13.8. The molecule has 2 rings (SSSR count). The summed E-state index contributed by atoms with van der Waals surface area (Å²) in [5.74, 6) is 1.34. The molecule has 1 aliphatic carbocycles. The van der Waals surface area contributed by atoms with E-state index in [0.717, 1.165) is 0 Å². The lowest BCUT2D eigenvalue weighted by molar-refractivity contribution is -0.899. The number of hydrogen-bond acceptors (Lipinski definition) is 3. The van der Waals surface area contributed by atoms with Crippen molar-refractivity contribution < 1.29 is 19.2 Å². The Balaban J connectivity index is 1.93. The highest BCUT2D eigenvalue weighted by atomic mass is 16.5. The minimum atomic E-state index is 0.0199. The second-order valence-electron chi connectivity index (χ2n) is 5.97. The van der Waals surface area contributed by atoms with Gasteiger partial charge in [-0.25, -0.2) is 0 Å². The van der Waals surface area contributed by atoms with Gasteiger partial charge in [0, 0.05) is 6.07 Å². The molecule has 1 aromatic rings. The van der Waals surface area contributed by atoms with Crippen LogP contribution < -0.4 is 19.7 Å². The van der Waals surface area contributed by atoms with Crippen LogP contribution in [0, 0.1) is 0 Å². The predicted octanol–water partition coefficient (Wildman–Crippen LogP) is 1.49. The Kier molecular flexibility index (Phi) is 6.07. The van der Waals surface area contributed by atoms with Crippen molar-refractivity contribution >= 4 is 11.6 Å². The zero-order valence-electron chi connectivity index (χ0n) is 13.8. The van der Waals surface area contributed by atoms with Crippen molar-refractivity contribution in [3.05, 3.63) is 18.2 Å². The van der Waals surface area contributed by atoms with Crippen molar-refractivity contribution in [3.8, 4) is 11.5 Å². The predicted molar refractivity (Wildman–Crippen MR) is 86.8 cm³/mol. The SMILES string of the molecule is COc1ccc(NC(=O)C[NH+](C)C2CCCCC2)c(OC)c1. The summed E-state index contributed by atoms with van der Waals surface area (Å²) in [6.07, 6.45) is 6.36. The molecule has 122 valence electrons. The summed E-state index contributed by atoms with van der Waals surface area (Å²) in [4.78, 5) is 13.6. The summed E-state index contributed by atoms with van der Waals surface area (Å²) < 4.78 is 10.5. The maximum atomic E-state index is 12.3. The Labute approximate surface area is 132 Å². The molecule has 0 saturated heterocycles. The summed E-state index contributed by atoms with van der Waals surface area (Å²) in [5.41, 5.74) is 0.685. The van der Waals surface area contributed by atoms with Gasteiger partial charge in [0.2, 0.25) is 0 Å². The second-order valence-corrected chi connectivity index (χ2v) is 5.97. The van der Waals surface area contributed by atoms with Crippen LogP contribution in [0.15, 0.2) is 18.2 Å². The van der Waals surface area contributed by atoms with Gasteiger partial charge in [-0.1, -0.05) is 6.42 Å². The minimum Gasteiger partial charge on any atom is -0.497 e. The first-order chi connectivity index (χ1) is 10.6. The number of ether oxygens (including phenoxy) is 2. The first-order valence-electron chi connectivity index (χ1n) is 7.98. The highest BCUT2D eigenvalue weighted by Gasteiger charge is 2.23. The van der Waals surface area contributed by atoms with Gasteiger partial charge in [0.25, 0.3) is 5.91 Å². The maximum absolute atomic E-state index is 12.3. The fraction of sp³-hybridized carbons (Fsp3) is 0.588. The van der Waals surface area contributed by atoms with E-state index in [2.05, 4.69) is 12.4 Å². The largest absolute Gasteiger partial charge is 0.497 e. The smallest absolute Gasteiger partial charge is 0.279 e. The molecule has 1 aliphatic rings. The van der Waals surface area contributed by atoms with E-state index in [4.69, 9.17) is 9.47 Å². The molecule has 0 heterocycles. The monoisotopic (exact) mass is 307 g/mol. The third-order valence-electron chi connectivity index (χ3n) is 4.42. The Bertz CT molecular complexity index is 499. The van der Waals surface area contributed by atoms with Gasteiger partial charge in [-0.3, -0.25) is 4.79 Å². The molecule has 2 N–H and O–H groups in total. The first kappa shape index (κ1) is 16.6. The third kappa shape index (κ3) is 4.37. The van der Waals surface area contributed by atoms with Crippen LogP contribution >= 0.6 is 0 Å². The number of quaternary nitrogens is 1. The molecule has 1 amide bonds. The van der Waals surface area contributed by atoms with Crippen molar-refractivity contribution in [2.75, 3.05) is 33.1 Å². The molecule has 1 atom stereocenters. The van der Waals surface area contributed by atoms with Crippen LogP contribution in [-0.4, -0.2) is 39.8 Å². The summed E-state index contributed by atoms with van der Waals surface area (Å²) in [6.45, 7) is 0.486. The quantitative estimate of drug-likeness (QED) is 0.837. The number of anilines is 1. The molecule has 5 nitrogen and oxygen atoms in total. The fourth-order valence-electron chi connectivity index (χ4n) is 3.09. The number of carbonyl (C=O) groups excluding carboxylic acids is 1. The molecular formula is C17H27N2O3+. The number of amides is 1. The number of rotatable bonds is 6. The van der Waals surface area contributed by atoms with E-state index < -0.39 is 0 Å². The number of hydrogen-bond donors (Lipinski definition) is 2. The highest BCUT2D eigenvalue weighted by molar-refractivity contribution is 5.93. The first-order valence-corrected chi connectivity index (χ1v) is 7.98. The van der Waals surface area contributed by atoms with Crippen molar-refractivity contribution in [1.29, 1.82) is 0 Å². The lowest BCUT2D eigenvalue weighted by atomic mass is 9.94. The molecular weight excluding hydrogens is 280 g/mol. The molecule has 1 saturated carbocycles. The minimum absolute atomic E-state index is 0.0199. The highest BCUT2D eigenvalue weighted by Crippen LogP contribution is 2.28. The summed E-state index contributed by atoms with van der Waals surface area (Å²) >= 11 is 0. The maximum Gasteiger partial charge on any atom is 0.279 e. The van der Waals surface area contributed by atoms with Crippen LogP contribution in [0.4, 0.5) is 5.69 Å². The van der Waals surface area contributed by atoms with E-state index in [1.54, 1.807) is 20.3 Å². The van der Waals surface area contributed by atoms with E-state index >= 15 is 0 Å². The number of nitrogens with one attached hydrogen (secondary N) is 2. The van der Waals surface area contributed by atoms with Crippen LogP contribution in [0.2, 0.25) is 0 Å². The van der Waals surface area contributed by atoms with Crippen LogP contribution in [0.5, 0.6) is 11.5 Å². The van der Waals surface area contributed by atoms with Gasteiger partial charge in [0.05, 0.1) is 33.0 Å². The standard InChI is InChI=1S/C17H26N2O3/c1-19(13-7-5-4-6-8-13)12-17(20)18-15-10-9-14(21-2)11-16(15)22-3/h9-11,13H,4-8,12H2,1-3H3,(H,18,20)/p+1. The van der Waals surface area contributed by atoms with Crippen LogP contribution in [0.3, 0.4) is 0 Å². The molecule has 0 radical (unpaired) electrons. The zero-order chi connectivity index (χ0) is 15.9. The van der Waals surface area contributed by atoms with Gasteiger partial charge in [-0.2, -0.15) is 0 Å². The Hall–Kier alpha value is -1.75. The molecule has 0 bridgehead atoms. The molecule has 22 heavy (non-hydrogen) atoms. The summed E-state index contributed by atoms with van der Waals surface area (Å²) in [7, 11) is 5.31. The molecule has 1 fully saturated rings. The summed E-state index contributed by atoms with van der Waals surface area (Å²) in [6, 6.07) is 6.01. The van der Waals surface area contributed by atoms with E-state index in [0.29, 0.717) is 29.8 Å². The van der Waals surface area contributed by atoms with E-state index in [9.17, 15) is 4.79 Å². The van der Waals surface area contributed by atoms with Crippen molar-refractivity contribution in [2.45, 2.75) is 38.1 Å². The van der Waals surface area contributed by atoms with E-state index in [-0.39, 0.29) is 5.91 Å². The summed E-state index contributed by atoms with van der Waals surface area (Å²) in [5, 5.41) is 2.94. The average molecular weight is 307 g/mol. The molecule has 1 aromatic carbocycles. The van der Waals surface area contributed by atoms with Crippen molar-refractivity contribution in [3.63, 3.8) is 0 Å². The van der Waals surface area contributed by atoms with Crippen LogP contribution in [-0.2, 0) is 4.79 Å². The van der Waals surface area contributed by atoms with Crippen LogP contribution in [0.1, 0.15) is 32.1 Å². The normalized spacial score (nSPS) is 16.9. The van der Waals surface area contributed by atoms with Crippen molar-refractivity contribution in [2.24, 2.45) is 0 Å². The van der Waals surface area contributed by atoms with Crippen LogP contribution in [0.25, 0.3) is 0 Å². The van der Waals surface area contributed by atoms with Gasteiger partial charge in [-0.05, 0) is 37.8 Å². The van der Waals surface area contributed by atoms with Crippen molar-refractivity contribution in [1.82, 2.24) is 0 Å². The topological polar surface area (TPSA) is 52.0 Å². The van der Waals surface area contributed by atoms with E-state index in [1.165, 1.54) is 37.0 Å². The molecule has 1 unspecified atom stereocenters. The average Bonchev–Trinajstić information content (AvgIpc) is 2.55. The molecule has 0 aromatic heterocycles. The molecule has 0 spiro atoms. The lowest BCUT2D eigenvalue weighted by Crippen LogP contribution is -3.14. The number of carbonyl (C=O) groups is 1. The Morgan fingerprint density at radius 3 is 2.59 bits per heavy atom. The lowest BCUT2D eigenvalue weighted by Gasteiger charge is -2.27. The van der Waals surface area contributed by atoms with Gasteiger partial charge in [-0.15, -0.1) is 0 Å². The van der Waals surface area contributed by atoms with Gasteiger partial charge >= 0.3 is 0 Å². The molecule has 5 heteroatoms. The Morgan fingerprint density at radius 2 is 1.95 bits per heavy atom. The second kappa shape index (κ2) is 8.03. The fourth-order valence-corrected chi connectivity index (χ4v) is 3.09. The third-order valence-corrected chi connectivity index (χ3v) is 4.42. The molecule has 0 aliphatic heterocycles. The van der Waals surface area contributed by atoms with E-state index in [1.807, 2.05) is 12.1 Å². The van der Waals surface area contributed by atoms with Gasteiger partial charge < -0.3 is 19.7 Å².